The van der Waals surface area contributed by atoms with Crippen LogP contribution in [-0.4, -0.2) is 32.5 Å². The van der Waals surface area contributed by atoms with E-state index < -0.39 is 0 Å². The fraction of sp³-hybridized carbons (Fsp3) is 0.300. The lowest BCUT2D eigenvalue weighted by Gasteiger charge is -2.33. The van der Waals surface area contributed by atoms with E-state index in [0.29, 0.717) is 29.6 Å². The summed E-state index contributed by atoms with van der Waals surface area (Å²) in [6, 6.07) is 10.9. The highest BCUT2D eigenvalue weighted by molar-refractivity contribution is 6.31. The van der Waals surface area contributed by atoms with Crippen molar-refractivity contribution in [2.24, 2.45) is 0 Å². The Bertz CT molecular complexity index is 928. The number of hydrogen-bond donors (Lipinski definition) is 0. The molecule has 6 nitrogen and oxygen atoms in total. The van der Waals surface area contributed by atoms with Gasteiger partial charge in [0, 0.05) is 24.2 Å². The first-order valence-electron chi connectivity index (χ1n) is 8.99. The van der Waals surface area contributed by atoms with E-state index in [2.05, 4.69) is 15.2 Å². The number of piperidine rings is 1. The Hall–Kier alpha value is -2.73. The predicted octanol–water partition coefficient (Wildman–Crippen LogP) is 4.08. The van der Waals surface area contributed by atoms with Crippen LogP contribution >= 0.6 is 11.6 Å². The number of benzene rings is 1. The van der Waals surface area contributed by atoms with Gasteiger partial charge < -0.3 is 9.32 Å². The molecule has 0 spiro atoms. The lowest BCUT2D eigenvalue weighted by molar-refractivity contribution is 0.0562. The zero-order valence-electron chi connectivity index (χ0n) is 14.7. The molecule has 1 atom stereocenters. The minimum Gasteiger partial charge on any atom is -0.443 e. The highest BCUT2D eigenvalue weighted by Gasteiger charge is 2.32. The topological polar surface area (TPSA) is 72.1 Å². The average molecular weight is 383 g/mol. The fourth-order valence-corrected chi connectivity index (χ4v) is 3.58. The second-order valence-electron chi connectivity index (χ2n) is 6.55. The van der Waals surface area contributed by atoms with Crippen molar-refractivity contribution < 1.29 is 9.21 Å². The van der Waals surface area contributed by atoms with E-state index in [9.17, 15) is 4.79 Å². The summed E-state index contributed by atoms with van der Waals surface area (Å²) in [6.45, 7) is 0.655. The molecular weight excluding hydrogens is 364 g/mol. The van der Waals surface area contributed by atoms with E-state index in [0.717, 1.165) is 30.6 Å². The van der Waals surface area contributed by atoms with Crippen molar-refractivity contribution >= 4 is 17.5 Å². The van der Waals surface area contributed by atoms with Crippen molar-refractivity contribution in [3.8, 4) is 0 Å². The second-order valence-corrected chi connectivity index (χ2v) is 6.96. The predicted molar refractivity (Wildman–Crippen MR) is 100 cm³/mol. The number of hydrogen-bond acceptors (Lipinski definition) is 5. The molecule has 0 saturated carbocycles. The van der Waals surface area contributed by atoms with Gasteiger partial charge in [0.1, 0.15) is 11.8 Å². The quantitative estimate of drug-likeness (QED) is 0.679. The maximum absolute atomic E-state index is 12.9. The van der Waals surface area contributed by atoms with Gasteiger partial charge in [-0.15, -0.1) is 5.10 Å². The van der Waals surface area contributed by atoms with Gasteiger partial charge in [0.05, 0.1) is 6.20 Å². The molecule has 1 saturated heterocycles. The number of amides is 1. The Kier molecular flexibility index (Phi) is 5.16. The third-order valence-electron chi connectivity index (χ3n) is 4.73. The van der Waals surface area contributed by atoms with E-state index in [1.807, 2.05) is 24.3 Å². The summed E-state index contributed by atoms with van der Waals surface area (Å²) in [5, 5.41) is 8.46. The molecule has 1 fully saturated rings. The van der Waals surface area contributed by atoms with E-state index in [1.54, 1.807) is 29.4 Å². The first-order chi connectivity index (χ1) is 13.2. The van der Waals surface area contributed by atoms with Crippen molar-refractivity contribution in [3.63, 3.8) is 0 Å². The van der Waals surface area contributed by atoms with E-state index in [-0.39, 0.29) is 11.9 Å². The summed E-state index contributed by atoms with van der Waals surface area (Å²) in [4.78, 5) is 19.1. The maximum atomic E-state index is 12.9. The first-order valence-corrected chi connectivity index (χ1v) is 9.37. The van der Waals surface area contributed by atoms with Crippen molar-refractivity contribution in [1.82, 2.24) is 20.1 Å². The van der Waals surface area contributed by atoms with Crippen LogP contribution in [0.3, 0.4) is 0 Å². The maximum Gasteiger partial charge on any atom is 0.275 e. The van der Waals surface area contributed by atoms with Gasteiger partial charge in [-0.1, -0.05) is 29.8 Å². The van der Waals surface area contributed by atoms with Gasteiger partial charge in [-0.05, 0) is 43.0 Å². The van der Waals surface area contributed by atoms with Gasteiger partial charge in [-0.3, -0.25) is 4.79 Å². The Labute approximate surface area is 162 Å². The number of likely N-dealkylation sites (tertiary alicyclic amines) is 1. The van der Waals surface area contributed by atoms with Gasteiger partial charge in [0.15, 0.2) is 5.69 Å². The molecule has 3 aromatic rings. The zero-order valence-corrected chi connectivity index (χ0v) is 15.5. The van der Waals surface area contributed by atoms with Gasteiger partial charge >= 0.3 is 0 Å². The molecule has 7 heteroatoms. The summed E-state index contributed by atoms with van der Waals surface area (Å²) < 4.78 is 6.00. The summed E-state index contributed by atoms with van der Waals surface area (Å²) in [5.74, 6) is 1.16. The average Bonchev–Trinajstić information content (AvgIpc) is 3.18. The van der Waals surface area contributed by atoms with Crippen LogP contribution < -0.4 is 0 Å². The Morgan fingerprint density at radius 1 is 1.22 bits per heavy atom. The zero-order chi connectivity index (χ0) is 18.6. The number of carbonyl (C=O) groups excluding carboxylic acids is 1. The van der Waals surface area contributed by atoms with Crippen molar-refractivity contribution in [1.29, 1.82) is 0 Å². The molecule has 1 aliphatic heterocycles. The molecule has 2 aromatic heterocycles. The summed E-state index contributed by atoms with van der Waals surface area (Å²) >= 11 is 6.23. The molecule has 0 bridgehead atoms. The molecule has 4 rings (SSSR count). The van der Waals surface area contributed by atoms with Crippen LogP contribution in [0.2, 0.25) is 5.02 Å². The van der Waals surface area contributed by atoms with Crippen molar-refractivity contribution in [2.45, 2.75) is 31.7 Å². The van der Waals surface area contributed by atoms with E-state index in [1.165, 1.54) is 0 Å². The van der Waals surface area contributed by atoms with E-state index >= 15 is 0 Å². The number of oxazole rings is 1. The lowest BCUT2D eigenvalue weighted by atomic mass is 10.0. The molecular formula is C20H19ClN4O2. The molecule has 1 aliphatic rings. The number of nitrogens with zero attached hydrogens (tertiary/aromatic N) is 4. The van der Waals surface area contributed by atoms with Crippen LogP contribution in [-0.2, 0) is 6.42 Å². The molecule has 0 unspecified atom stereocenters. The fourth-order valence-electron chi connectivity index (χ4n) is 3.38. The largest absolute Gasteiger partial charge is 0.443 e. The molecule has 1 aromatic carbocycles. The Morgan fingerprint density at radius 2 is 2.11 bits per heavy atom. The van der Waals surface area contributed by atoms with Gasteiger partial charge in [0.25, 0.3) is 5.91 Å². The Morgan fingerprint density at radius 3 is 2.93 bits per heavy atom. The normalized spacial score (nSPS) is 17.1. The Balaban J connectivity index is 1.55. The van der Waals surface area contributed by atoms with Crippen LogP contribution in [0.4, 0.5) is 0 Å². The second kappa shape index (κ2) is 7.88. The minimum atomic E-state index is -0.187. The van der Waals surface area contributed by atoms with Crippen LogP contribution in [0.25, 0.3) is 0 Å². The van der Waals surface area contributed by atoms with Crippen molar-refractivity contribution in [2.75, 3.05) is 6.54 Å². The highest BCUT2D eigenvalue weighted by Crippen LogP contribution is 2.32. The molecule has 0 N–H and O–H groups in total. The van der Waals surface area contributed by atoms with Crippen LogP contribution in [0.5, 0.6) is 0 Å². The standard InChI is InChI=1S/C20H19ClN4O2/c21-16-7-2-1-6-14(16)12-15-13-22-19(27-15)18-9-3-4-11-25(18)20(26)17-8-5-10-23-24-17/h1-2,5-8,10,13,18H,3-4,9,11-12H2/t18-/m0/s1. The van der Waals surface area contributed by atoms with Crippen molar-refractivity contribution in [3.05, 3.63) is 76.7 Å². The lowest BCUT2D eigenvalue weighted by Crippen LogP contribution is -2.39. The summed E-state index contributed by atoms with van der Waals surface area (Å²) in [5.41, 5.74) is 1.32. The molecule has 138 valence electrons. The molecule has 3 heterocycles. The first kappa shape index (κ1) is 17.7. The number of rotatable bonds is 4. The van der Waals surface area contributed by atoms with Gasteiger partial charge in [-0.2, -0.15) is 5.10 Å². The van der Waals surface area contributed by atoms with Crippen LogP contribution in [0, 0.1) is 0 Å². The van der Waals surface area contributed by atoms with Crippen LogP contribution in [0.15, 0.2) is 53.2 Å². The SMILES string of the molecule is O=C(c1cccnn1)N1CCCC[C@H]1c1ncc(Cc2ccccc2Cl)o1. The third-order valence-corrected chi connectivity index (χ3v) is 5.10. The monoisotopic (exact) mass is 382 g/mol. The van der Waals surface area contributed by atoms with Crippen LogP contribution in [0.1, 0.15) is 53.0 Å². The molecule has 1 amide bonds. The smallest absolute Gasteiger partial charge is 0.275 e. The number of halogens is 1. The van der Waals surface area contributed by atoms with E-state index in [4.69, 9.17) is 16.0 Å². The molecule has 0 aliphatic carbocycles. The van der Waals surface area contributed by atoms with Gasteiger partial charge in [0.2, 0.25) is 5.89 Å². The highest BCUT2D eigenvalue weighted by atomic mass is 35.5. The van der Waals surface area contributed by atoms with Gasteiger partial charge in [-0.25, -0.2) is 4.98 Å². The third kappa shape index (κ3) is 3.85. The number of aromatic nitrogens is 3. The summed E-state index contributed by atoms with van der Waals surface area (Å²) in [6.07, 6.45) is 6.64. The summed E-state index contributed by atoms with van der Waals surface area (Å²) in [7, 11) is 0. The molecule has 27 heavy (non-hydrogen) atoms. The molecule has 0 radical (unpaired) electrons. The minimum absolute atomic E-state index is 0.140. The number of carbonyl (C=O) groups is 1.